The molecule has 8 N–H and O–H groups in total. The van der Waals surface area contributed by atoms with Gasteiger partial charge in [-0.25, -0.2) is 4.79 Å². The van der Waals surface area contributed by atoms with Crippen LogP contribution in [0.4, 0.5) is 11.4 Å². The van der Waals surface area contributed by atoms with Crippen molar-refractivity contribution in [3.05, 3.63) is 96.1 Å². The fourth-order valence-electron chi connectivity index (χ4n) is 7.48. The van der Waals surface area contributed by atoms with Gasteiger partial charge in [-0.2, -0.15) is 0 Å². The van der Waals surface area contributed by atoms with Gasteiger partial charge in [-0.05, 0) is 100.0 Å². The van der Waals surface area contributed by atoms with Gasteiger partial charge in [-0.1, -0.05) is 12.1 Å². The van der Waals surface area contributed by atoms with E-state index >= 15 is 0 Å². The summed E-state index contributed by atoms with van der Waals surface area (Å²) in [6.45, 7) is 4.10. The van der Waals surface area contributed by atoms with E-state index in [-0.39, 0.29) is 36.3 Å². The van der Waals surface area contributed by atoms with Gasteiger partial charge in [0.15, 0.2) is 11.5 Å². The maximum atomic E-state index is 13.5. The lowest BCUT2D eigenvalue weighted by molar-refractivity contribution is -0.169. The number of aliphatic hydroxyl groups excluding tert-OH is 1. The second-order valence-electron chi connectivity index (χ2n) is 14.2. The molecule has 0 unspecified atom stereocenters. The molecule has 0 bridgehead atoms. The third-order valence-electron chi connectivity index (χ3n) is 10.5. The zero-order chi connectivity index (χ0) is 38.7. The van der Waals surface area contributed by atoms with Gasteiger partial charge < -0.3 is 55.8 Å². The van der Waals surface area contributed by atoms with Crippen LogP contribution in [0.25, 0.3) is 10.9 Å². The first kappa shape index (κ1) is 38.6. The molecule has 5 aromatic rings. The van der Waals surface area contributed by atoms with Crippen molar-refractivity contribution in [2.45, 2.75) is 69.4 Å². The third kappa shape index (κ3) is 8.18. The Kier molecular flexibility index (Phi) is 11.7. The first-order chi connectivity index (χ1) is 26.5. The minimum atomic E-state index is -1.80. The van der Waals surface area contributed by atoms with Gasteiger partial charge in [0.2, 0.25) is 18.0 Å². The predicted octanol–water partition coefficient (Wildman–Crippen LogP) is 5.32. The number of carbonyl (C=O) groups excluding carboxylic acids is 1. The number of aromatic hydroxyl groups is 1. The van der Waals surface area contributed by atoms with Crippen LogP contribution >= 0.6 is 22.7 Å². The number of rotatable bonds is 15. The molecule has 0 spiro atoms. The van der Waals surface area contributed by atoms with E-state index in [1.165, 1.54) is 34.8 Å². The molecule has 2 atom stereocenters. The number of H-pyrrole nitrogens is 1. The molecule has 3 aromatic heterocycles. The highest BCUT2D eigenvalue weighted by atomic mass is 32.1. The lowest BCUT2D eigenvalue weighted by Gasteiger charge is -2.35. The van der Waals surface area contributed by atoms with Gasteiger partial charge in [0.1, 0.15) is 17.5 Å². The van der Waals surface area contributed by atoms with Crippen LogP contribution in [0.5, 0.6) is 17.2 Å². The fraction of sp³-hybridized carbons (Fsp3) is 0.400. The second-order valence-corrected chi connectivity index (χ2v) is 16.4. The Morgan fingerprint density at radius 2 is 1.91 bits per heavy atom. The highest BCUT2D eigenvalue weighted by Gasteiger charge is 2.45. The zero-order valence-corrected chi connectivity index (χ0v) is 32.4. The van der Waals surface area contributed by atoms with Crippen molar-refractivity contribution >= 4 is 50.9 Å². The summed E-state index contributed by atoms with van der Waals surface area (Å²) in [4.78, 5) is 32.4. The SMILES string of the molecule is Cc1ccc([C@](O)(C(=O)OC2CCC(N(C)CCCNc3c(N)cc(CNC[C@H](O)c4ccc(O)c5[nH]c(=O)ccc45)c4c3OCO4)CC2)c2cccs2)s1. The van der Waals surface area contributed by atoms with Gasteiger partial charge >= 0.3 is 5.97 Å². The number of aryl methyl sites for hydroxylation is 1. The largest absolute Gasteiger partial charge is 0.506 e. The second kappa shape index (κ2) is 16.6. The molecule has 1 saturated carbocycles. The number of aromatic amines is 1. The summed E-state index contributed by atoms with van der Waals surface area (Å²) < 4.78 is 17.6. The molecule has 1 aliphatic heterocycles. The molecular weight excluding hydrogens is 743 g/mol. The Bertz CT molecular complexity index is 2180. The van der Waals surface area contributed by atoms with E-state index in [4.69, 9.17) is 19.9 Å². The van der Waals surface area contributed by atoms with Gasteiger partial charge in [0, 0.05) is 47.6 Å². The Labute approximate surface area is 326 Å². The number of nitrogens with two attached hydrogens (primary N) is 1. The average Bonchev–Trinajstić information content (AvgIpc) is 3.98. The molecule has 0 radical (unpaired) electrons. The van der Waals surface area contributed by atoms with Crippen LogP contribution < -0.4 is 31.4 Å². The predicted molar refractivity (Wildman–Crippen MR) is 214 cm³/mol. The number of nitrogens with one attached hydrogen (secondary N) is 3. The molecule has 4 heterocycles. The number of phenols is 1. The molecule has 55 heavy (non-hydrogen) atoms. The number of nitrogens with zero attached hydrogens (tertiary/aromatic N) is 1. The Morgan fingerprint density at radius 1 is 1.11 bits per heavy atom. The van der Waals surface area contributed by atoms with Crippen LogP contribution in [-0.4, -0.2) is 76.8 Å². The molecule has 2 aliphatic rings. The van der Waals surface area contributed by atoms with E-state index in [0.717, 1.165) is 49.1 Å². The molecule has 0 amide bonds. The van der Waals surface area contributed by atoms with Crippen LogP contribution in [0, 0.1) is 6.92 Å². The summed E-state index contributed by atoms with van der Waals surface area (Å²) in [5.41, 5.74) is 7.23. The standard InChI is InChI=1S/C40H47N5O8S2/c1-23-6-14-33(55-23)40(50,32-5-3-18-54-32)39(49)53-26-9-7-25(8-10-26)45(2)17-4-16-43-36-29(41)19-24(37-38(36)52-22-51-37)20-42-21-31(47)27-11-13-30(46)35-28(27)12-15-34(48)44-35/h3,5-6,11-15,18-19,25-26,31,42-43,46-47,50H,4,7-10,16-17,20-22,41H2,1-2H3,(H,44,48)/t25?,26?,31-,40-/m0/s1. The number of esters is 1. The summed E-state index contributed by atoms with van der Waals surface area (Å²) in [6.07, 6.45) is 2.96. The van der Waals surface area contributed by atoms with E-state index in [0.29, 0.717) is 62.7 Å². The smallest absolute Gasteiger partial charge is 0.349 e. The maximum Gasteiger partial charge on any atom is 0.349 e. The number of fused-ring (bicyclic) bond motifs is 2. The lowest BCUT2D eigenvalue weighted by Crippen LogP contribution is -2.42. The van der Waals surface area contributed by atoms with E-state index in [1.54, 1.807) is 18.2 Å². The minimum absolute atomic E-state index is 0.0641. The Morgan fingerprint density at radius 3 is 2.65 bits per heavy atom. The number of aromatic nitrogens is 1. The van der Waals surface area contributed by atoms with Crippen molar-refractivity contribution in [1.29, 1.82) is 0 Å². The highest BCUT2D eigenvalue weighted by Crippen LogP contribution is 2.46. The summed E-state index contributed by atoms with van der Waals surface area (Å²) in [6, 6.07) is 15.6. The Balaban J connectivity index is 0.876. The highest BCUT2D eigenvalue weighted by molar-refractivity contribution is 7.13. The number of ether oxygens (including phenoxy) is 3. The summed E-state index contributed by atoms with van der Waals surface area (Å²) in [5.74, 6) is 0.487. The van der Waals surface area contributed by atoms with Crippen molar-refractivity contribution in [1.82, 2.24) is 15.2 Å². The molecular formula is C40H47N5O8S2. The van der Waals surface area contributed by atoms with Crippen LogP contribution in [0.2, 0.25) is 0 Å². The maximum absolute atomic E-state index is 13.5. The van der Waals surface area contributed by atoms with Crippen molar-refractivity contribution in [3.8, 4) is 17.2 Å². The minimum Gasteiger partial charge on any atom is -0.506 e. The van der Waals surface area contributed by atoms with E-state index in [1.807, 2.05) is 36.6 Å². The van der Waals surface area contributed by atoms with Crippen LogP contribution in [0.3, 0.4) is 0 Å². The fourth-order valence-corrected chi connectivity index (χ4v) is 9.33. The van der Waals surface area contributed by atoms with Crippen molar-refractivity contribution in [3.63, 3.8) is 0 Å². The first-order valence-electron chi connectivity index (χ1n) is 18.5. The number of carbonyl (C=O) groups is 1. The number of benzene rings is 2. The van der Waals surface area contributed by atoms with Crippen LogP contribution in [0.15, 0.2) is 64.8 Å². The molecule has 0 saturated heterocycles. The molecule has 13 nitrogen and oxygen atoms in total. The van der Waals surface area contributed by atoms with Crippen molar-refractivity contribution < 1.29 is 34.3 Å². The molecule has 7 rings (SSSR count). The topological polar surface area (TPSA) is 192 Å². The molecule has 292 valence electrons. The van der Waals surface area contributed by atoms with E-state index in [2.05, 4.69) is 27.6 Å². The van der Waals surface area contributed by atoms with Crippen molar-refractivity contribution in [2.24, 2.45) is 0 Å². The number of phenolic OH excluding ortho intramolecular Hbond substituents is 1. The summed E-state index contributed by atoms with van der Waals surface area (Å²) in [5, 5.41) is 42.0. The normalized spacial score (nSPS) is 18.3. The monoisotopic (exact) mass is 789 g/mol. The summed E-state index contributed by atoms with van der Waals surface area (Å²) in [7, 11) is 2.12. The molecule has 1 fully saturated rings. The number of hydrogen-bond acceptors (Lipinski definition) is 14. The molecule has 2 aromatic carbocycles. The quantitative estimate of drug-likeness (QED) is 0.0411. The van der Waals surface area contributed by atoms with Gasteiger partial charge in [-0.3, -0.25) is 4.79 Å². The average molecular weight is 790 g/mol. The van der Waals surface area contributed by atoms with Gasteiger partial charge in [0.25, 0.3) is 0 Å². The number of aliphatic hydroxyl groups is 2. The number of hydrogen-bond donors (Lipinski definition) is 7. The first-order valence-corrected chi connectivity index (χ1v) is 20.2. The lowest BCUT2D eigenvalue weighted by atomic mass is 9.91. The van der Waals surface area contributed by atoms with Gasteiger partial charge in [-0.15, -0.1) is 22.7 Å². The van der Waals surface area contributed by atoms with E-state index in [9.17, 15) is 24.9 Å². The third-order valence-corrected chi connectivity index (χ3v) is 12.6. The molecule has 1 aliphatic carbocycles. The number of anilines is 2. The number of thiophene rings is 2. The van der Waals surface area contributed by atoms with Crippen LogP contribution in [-0.2, 0) is 21.7 Å². The van der Waals surface area contributed by atoms with E-state index < -0.39 is 17.7 Å². The molecule has 15 heteroatoms. The van der Waals surface area contributed by atoms with Crippen molar-refractivity contribution in [2.75, 3.05) is 44.5 Å². The van der Waals surface area contributed by atoms with Gasteiger partial charge in [0.05, 0.1) is 27.1 Å². The van der Waals surface area contributed by atoms with Crippen LogP contribution in [0.1, 0.15) is 64.0 Å². The number of pyridine rings is 1. The summed E-state index contributed by atoms with van der Waals surface area (Å²) >= 11 is 2.76. The zero-order valence-electron chi connectivity index (χ0n) is 30.8. The number of nitrogen functional groups attached to an aromatic ring is 1. The Hall–Kier alpha value is -4.64.